The summed E-state index contributed by atoms with van der Waals surface area (Å²) in [5.41, 5.74) is -0.183. The predicted molar refractivity (Wildman–Crippen MR) is 120 cm³/mol. The molecule has 8 heteroatoms. The molecule has 0 amide bonds. The fourth-order valence-electron chi connectivity index (χ4n) is 6.27. The smallest absolute Gasteiger partial charge is 0.317 e. The SMILES string of the molecule is CN(c1ccc(OC(=O)C23CC4CC(CC(Cl)(C4)C2)C3)cc1)S(=O)(=O)c1ccccc1F. The van der Waals surface area contributed by atoms with Gasteiger partial charge in [-0.3, -0.25) is 9.10 Å². The Morgan fingerprint density at radius 1 is 1.06 bits per heavy atom. The Morgan fingerprint density at radius 2 is 1.69 bits per heavy atom. The van der Waals surface area contributed by atoms with Crippen LogP contribution < -0.4 is 9.04 Å². The largest absolute Gasteiger partial charge is 0.426 e. The molecule has 0 radical (unpaired) electrons. The van der Waals surface area contributed by atoms with E-state index in [0.29, 0.717) is 29.7 Å². The van der Waals surface area contributed by atoms with Crippen LogP contribution in [0.3, 0.4) is 0 Å². The van der Waals surface area contributed by atoms with Gasteiger partial charge in [-0.05, 0) is 86.8 Å². The van der Waals surface area contributed by atoms with Gasteiger partial charge in [0.2, 0.25) is 0 Å². The number of hydrogen-bond donors (Lipinski definition) is 0. The van der Waals surface area contributed by atoms with Crippen LogP contribution in [0.4, 0.5) is 10.1 Å². The number of nitrogens with zero attached hydrogens (tertiary/aromatic N) is 1. The summed E-state index contributed by atoms with van der Waals surface area (Å²) in [4.78, 5) is 12.5. The van der Waals surface area contributed by atoms with Crippen LogP contribution in [-0.2, 0) is 14.8 Å². The minimum atomic E-state index is -4.06. The molecule has 32 heavy (non-hydrogen) atoms. The van der Waals surface area contributed by atoms with Crippen LogP contribution in [0.5, 0.6) is 5.75 Å². The van der Waals surface area contributed by atoms with Crippen LogP contribution >= 0.6 is 11.6 Å². The van der Waals surface area contributed by atoms with Gasteiger partial charge in [0.05, 0.1) is 11.1 Å². The highest BCUT2D eigenvalue weighted by molar-refractivity contribution is 7.92. The molecule has 4 aliphatic rings. The van der Waals surface area contributed by atoms with Crippen molar-refractivity contribution in [2.75, 3.05) is 11.4 Å². The van der Waals surface area contributed by atoms with E-state index in [2.05, 4.69) is 0 Å². The zero-order chi connectivity index (χ0) is 22.7. The molecule has 2 unspecified atom stereocenters. The monoisotopic (exact) mass is 477 g/mol. The van der Waals surface area contributed by atoms with Gasteiger partial charge < -0.3 is 4.74 Å². The normalized spacial score (nSPS) is 30.8. The van der Waals surface area contributed by atoms with Crippen molar-refractivity contribution in [1.82, 2.24) is 0 Å². The topological polar surface area (TPSA) is 63.7 Å². The number of hydrogen-bond acceptors (Lipinski definition) is 4. The van der Waals surface area contributed by atoms with E-state index in [9.17, 15) is 17.6 Å². The molecular weight excluding hydrogens is 453 g/mol. The molecule has 0 aliphatic heterocycles. The number of alkyl halides is 1. The molecule has 4 saturated carbocycles. The lowest BCUT2D eigenvalue weighted by molar-refractivity contribution is -0.160. The molecule has 170 valence electrons. The second kappa shape index (κ2) is 7.45. The second-order valence-corrected chi connectivity index (χ2v) is 12.4. The van der Waals surface area contributed by atoms with E-state index in [1.165, 1.54) is 25.2 Å². The Kier molecular flexibility index (Phi) is 5.06. The number of carbonyl (C=O) groups excluding carboxylic acids is 1. The van der Waals surface area contributed by atoms with Crippen molar-refractivity contribution < 1.29 is 22.3 Å². The molecule has 2 aromatic rings. The molecule has 6 rings (SSSR count). The van der Waals surface area contributed by atoms with E-state index in [4.69, 9.17) is 16.3 Å². The van der Waals surface area contributed by atoms with Crippen LogP contribution in [0.25, 0.3) is 0 Å². The van der Waals surface area contributed by atoms with Gasteiger partial charge in [0.1, 0.15) is 16.5 Å². The van der Waals surface area contributed by atoms with Gasteiger partial charge in [-0.25, -0.2) is 12.8 Å². The molecule has 0 aromatic heterocycles. The number of anilines is 1. The first kappa shape index (κ1) is 21.7. The van der Waals surface area contributed by atoms with E-state index in [1.54, 1.807) is 24.3 Å². The van der Waals surface area contributed by atoms with Crippen molar-refractivity contribution in [3.63, 3.8) is 0 Å². The molecule has 2 atom stereocenters. The van der Waals surface area contributed by atoms with Crippen LogP contribution in [0.1, 0.15) is 38.5 Å². The van der Waals surface area contributed by atoms with Gasteiger partial charge in [-0.2, -0.15) is 0 Å². The Morgan fingerprint density at radius 3 is 2.28 bits per heavy atom. The van der Waals surface area contributed by atoms with E-state index >= 15 is 0 Å². The third kappa shape index (κ3) is 3.59. The van der Waals surface area contributed by atoms with Gasteiger partial charge >= 0.3 is 5.97 Å². The van der Waals surface area contributed by atoms with Crippen LogP contribution in [-0.4, -0.2) is 26.3 Å². The standard InChI is InChI=1S/C24H25ClFNO4S/c1-27(32(29,30)21-5-3-2-4-20(21)26)18-6-8-19(9-7-18)31-22(28)23-11-16-10-17(12-23)14-24(25,13-16)15-23/h2-9,16-17H,10-15H2,1H3. The zero-order valence-corrected chi connectivity index (χ0v) is 19.3. The summed E-state index contributed by atoms with van der Waals surface area (Å²) in [5, 5.41) is 0. The molecule has 2 aromatic carbocycles. The number of carbonyl (C=O) groups is 1. The quantitative estimate of drug-likeness (QED) is 0.340. The van der Waals surface area contributed by atoms with Crippen molar-refractivity contribution in [1.29, 1.82) is 0 Å². The van der Waals surface area contributed by atoms with E-state index < -0.39 is 26.2 Å². The third-order valence-electron chi connectivity index (χ3n) is 7.31. The first-order valence-electron chi connectivity index (χ1n) is 10.9. The number of rotatable bonds is 5. The molecule has 0 heterocycles. The van der Waals surface area contributed by atoms with E-state index in [-0.39, 0.29) is 10.8 Å². The van der Waals surface area contributed by atoms with E-state index in [0.717, 1.165) is 42.5 Å². The highest BCUT2D eigenvalue weighted by Crippen LogP contribution is 2.64. The molecule has 4 aliphatic carbocycles. The molecular formula is C24H25ClFNO4S. The van der Waals surface area contributed by atoms with Crippen LogP contribution in [0.2, 0.25) is 0 Å². The number of halogens is 2. The number of sulfonamides is 1. The van der Waals surface area contributed by atoms with Gasteiger partial charge in [0.25, 0.3) is 10.0 Å². The lowest BCUT2D eigenvalue weighted by Crippen LogP contribution is -2.56. The van der Waals surface area contributed by atoms with Gasteiger partial charge in [-0.1, -0.05) is 12.1 Å². The summed E-state index contributed by atoms with van der Waals surface area (Å²) in [7, 11) is -2.70. The summed E-state index contributed by atoms with van der Waals surface area (Å²) >= 11 is 6.83. The summed E-state index contributed by atoms with van der Waals surface area (Å²) < 4.78 is 46.4. The van der Waals surface area contributed by atoms with Gasteiger partial charge in [0, 0.05) is 11.9 Å². The molecule has 4 bridgehead atoms. The van der Waals surface area contributed by atoms with Crippen molar-refractivity contribution >= 4 is 33.3 Å². The Bertz CT molecular complexity index is 1150. The minimum absolute atomic E-state index is 0.239. The Balaban J connectivity index is 1.32. The Hall–Kier alpha value is -2.12. The first-order chi connectivity index (χ1) is 15.1. The van der Waals surface area contributed by atoms with Gasteiger partial charge in [-0.15, -0.1) is 11.6 Å². The maximum Gasteiger partial charge on any atom is 0.317 e. The van der Waals surface area contributed by atoms with Crippen molar-refractivity contribution in [3.8, 4) is 5.75 Å². The third-order valence-corrected chi connectivity index (χ3v) is 9.57. The highest BCUT2D eigenvalue weighted by atomic mass is 35.5. The summed E-state index contributed by atoms with van der Waals surface area (Å²) in [5.74, 6) is 0.283. The van der Waals surface area contributed by atoms with Crippen molar-refractivity contribution in [2.24, 2.45) is 17.3 Å². The second-order valence-electron chi connectivity index (χ2n) is 9.68. The number of ether oxygens (including phenoxy) is 1. The van der Waals surface area contributed by atoms with Gasteiger partial charge in [0.15, 0.2) is 0 Å². The van der Waals surface area contributed by atoms with Crippen LogP contribution in [0, 0.1) is 23.1 Å². The molecule has 0 saturated heterocycles. The Labute approximate surface area is 192 Å². The molecule has 0 spiro atoms. The maximum absolute atomic E-state index is 14.0. The molecule has 5 nitrogen and oxygen atoms in total. The predicted octanol–water partition coefficient (Wildman–Crippen LogP) is 5.13. The maximum atomic E-state index is 14.0. The summed E-state index contributed by atoms with van der Waals surface area (Å²) in [6, 6.07) is 11.5. The lowest BCUT2D eigenvalue weighted by atomic mass is 9.49. The van der Waals surface area contributed by atoms with Crippen LogP contribution in [0.15, 0.2) is 53.4 Å². The van der Waals surface area contributed by atoms with Crippen molar-refractivity contribution in [2.45, 2.75) is 48.3 Å². The fraction of sp³-hybridized carbons (Fsp3) is 0.458. The number of esters is 1. The fourth-order valence-corrected chi connectivity index (χ4v) is 8.22. The molecule has 0 N–H and O–H groups in total. The highest BCUT2D eigenvalue weighted by Gasteiger charge is 2.60. The average molecular weight is 478 g/mol. The van der Waals surface area contributed by atoms with Crippen molar-refractivity contribution in [3.05, 3.63) is 54.3 Å². The first-order valence-corrected chi connectivity index (χ1v) is 12.7. The average Bonchev–Trinajstić information content (AvgIpc) is 2.72. The minimum Gasteiger partial charge on any atom is -0.426 e. The summed E-state index contributed by atoms with van der Waals surface area (Å²) in [6.07, 6.45) is 5.45. The summed E-state index contributed by atoms with van der Waals surface area (Å²) in [6.45, 7) is 0. The zero-order valence-electron chi connectivity index (χ0n) is 17.8. The van der Waals surface area contributed by atoms with E-state index in [1.807, 2.05) is 0 Å². The molecule has 4 fully saturated rings. The number of benzene rings is 2. The lowest BCUT2D eigenvalue weighted by Gasteiger charge is -2.58.